The Morgan fingerprint density at radius 2 is 2.13 bits per heavy atom. The minimum Gasteiger partial charge on any atom is -0.294 e. The lowest BCUT2D eigenvalue weighted by molar-refractivity contribution is 0.202. The summed E-state index contributed by atoms with van der Waals surface area (Å²) < 4.78 is 24.9. The summed E-state index contributed by atoms with van der Waals surface area (Å²) in [6, 6.07) is 8.30. The molecule has 1 unspecified atom stereocenters. The number of sulfone groups is 1. The zero-order chi connectivity index (χ0) is 16.4. The average Bonchev–Trinajstić information content (AvgIpc) is 3.04. The number of nitrogens with zero attached hydrogens (tertiary/aromatic N) is 1. The third kappa shape index (κ3) is 3.90. The molecule has 1 aliphatic rings. The second-order valence-corrected chi connectivity index (χ2v) is 9.96. The quantitative estimate of drug-likeness (QED) is 0.757. The van der Waals surface area contributed by atoms with Gasteiger partial charge in [0.1, 0.15) is 0 Å². The van der Waals surface area contributed by atoms with Crippen LogP contribution in [0.2, 0.25) is 5.02 Å². The van der Waals surface area contributed by atoms with E-state index in [-0.39, 0.29) is 6.04 Å². The van der Waals surface area contributed by atoms with Crippen molar-refractivity contribution in [2.24, 2.45) is 0 Å². The summed E-state index contributed by atoms with van der Waals surface area (Å²) in [5.41, 5.74) is 0. The average molecular weight is 372 g/mol. The van der Waals surface area contributed by atoms with Crippen LogP contribution in [0.5, 0.6) is 0 Å². The van der Waals surface area contributed by atoms with Crippen molar-refractivity contribution < 1.29 is 8.42 Å². The van der Waals surface area contributed by atoms with Crippen molar-refractivity contribution in [2.75, 3.05) is 18.1 Å². The van der Waals surface area contributed by atoms with E-state index in [0.717, 1.165) is 47.6 Å². The molecule has 1 aromatic carbocycles. The summed E-state index contributed by atoms with van der Waals surface area (Å²) in [4.78, 5) is 3.47. The van der Waals surface area contributed by atoms with Crippen molar-refractivity contribution in [3.05, 3.63) is 34.2 Å². The Labute approximate surface area is 147 Å². The Morgan fingerprint density at radius 1 is 1.35 bits per heavy atom. The molecule has 2 heterocycles. The first-order chi connectivity index (χ1) is 11.0. The number of hydrogen-bond acceptors (Lipinski definition) is 4. The van der Waals surface area contributed by atoms with Crippen LogP contribution in [0.1, 0.15) is 31.1 Å². The lowest BCUT2D eigenvalue weighted by Gasteiger charge is -2.27. The second kappa shape index (κ2) is 7.09. The number of unbranched alkanes of at least 4 members (excludes halogenated alkanes) is 1. The molecule has 1 fully saturated rings. The number of fused-ring (bicyclic) bond motifs is 1. The molecule has 6 heteroatoms. The summed E-state index contributed by atoms with van der Waals surface area (Å²) in [5.74, 6) is 0.611. The third-order valence-corrected chi connectivity index (χ3v) is 7.92. The Kier molecular flexibility index (Phi) is 5.31. The van der Waals surface area contributed by atoms with Gasteiger partial charge in [0.15, 0.2) is 9.84 Å². The van der Waals surface area contributed by atoms with E-state index in [1.165, 1.54) is 4.70 Å². The maximum absolute atomic E-state index is 11.8. The molecular weight excluding hydrogens is 350 g/mol. The Hall–Kier alpha value is -0.620. The number of rotatable bonds is 6. The molecule has 126 valence electrons. The number of hydrogen-bond donors (Lipinski definition) is 0. The number of benzene rings is 1. The minimum atomic E-state index is -2.86. The van der Waals surface area contributed by atoms with Gasteiger partial charge in [-0.1, -0.05) is 43.1 Å². The molecule has 0 aliphatic carbocycles. The van der Waals surface area contributed by atoms with Crippen LogP contribution in [0.3, 0.4) is 0 Å². The molecule has 1 aliphatic heterocycles. The maximum atomic E-state index is 11.8. The molecule has 1 aromatic heterocycles. The van der Waals surface area contributed by atoms with Gasteiger partial charge in [0.05, 0.1) is 16.5 Å². The predicted octanol–water partition coefficient (Wildman–Crippen LogP) is 4.34. The molecule has 3 rings (SSSR count). The molecule has 23 heavy (non-hydrogen) atoms. The van der Waals surface area contributed by atoms with Crippen molar-refractivity contribution >= 4 is 42.9 Å². The molecule has 3 nitrogen and oxygen atoms in total. The zero-order valence-corrected chi connectivity index (χ0v) is 15.7. The molecular formula is C17H22ClNO2S2. The maximum Gasteiger partial charge on any atom is 0.151 e. The number of halogens is 1. The molecule has 0 bridgehead atoms. The van der Waals surface area contributed by atoms with E-state index in [1.54, 1.807) is 11.3 Å². The van der Waals surface area contributed by atoms with E-state index < -0.39 is 9.84 Å². The fourth-order valence-corrected chi connectivity index (χ4v) is 6.45. The summed E-state index contributed by atoms with van der Waals surface area (Å²) in [6.07, 6.45) is 2.93. The highest BCUT2D eigenvalue weighted by Gasteiger charge is 2.32. The molecule has 0 amide bonds. The highest BCUT2D eigenvalue weighted by atomic mass is 35.5. The topological polar surface area (TPSA) is 37.4 Å². The fourth-order valence-electron chi connectivity index (χ4n) is 3.17. The molecule has 0 saturated carbocycles. The van der Waals surface area contributed by atoms with Crippen LogP contribution >= 0.6 is 22.9 Å². The van der Waals surface area contributed by atoms with E-state index >= 15 is 0 Å². The van der Waals surface area contributed by atoms with Crippen LogP contribution in [-0.4, -0.2) is 37.4 Å². The molecule has 0 radical (unpaired) electrons. The monoisotopic (exact) mass is 371 g/mol. The molecule has 1 atom stereocenters. The van der Waals surface area contributed by atoms with E-state index in [0.29, 0.717) is 11.5 Å². The van der Waals surface area contributed by atoms with E-state index in [4.69, 9.17) is 11.6 Å². The zero-order valence-electron chi connectivity index (χ0n) is 13.3. The first-order valence-corrected chi connectivity index (χ1v) is 11.1. The van der Waals surface area contributed by atoms with Gasteiger partial charge in [-0.2, -0.15) is 0 Å². The lowest BCUT2D eigenvalue weighted by Crippen LogP contribution is -2.36. The smallest absolute Gasteiger partial charge is 0.151 e. The first-order valence-electron chi connectivity index (χ1n) is 8.10. The van der Waals surface area contributed by atoms with Crippen molar-refractivity contribution in [2.45, 2.75) is 38.8 Å². The van der Waals surface area contributed by atoms with Gasteiger partial charge >= 0.3 is 0 Å². The van der Waals surface area contributed by atoms with Gasteiger partial charge in [0.2, 0.25) is 0 Å². The highest BCUT2D eigenvalue weighted by Crippen LogP contribution is 2.36. The van der Waals surface area contributed by atoms with Gasteiger partial charge in [0.25, 0.3) is 0 Å². The first kappa shape index (κ1) is 17.2. The second-order valence-electron chi connectivity index (χ2n) is 6.22. The summed E-state index contributed by atoms with van der Waals surface area (Å²) in [7, 11) is -2.86. The Bertz CT molecular complexity index is 785. The Morgan fingerprint density at radius 3 is 2.78 bits per heavy atom. The van der Waals surface area contributed by atoms with Crippen molar-refractivity contribution in [1.29, 1.82) is 0 Å². The summed E-state index contributed by atoms with van der Waals surface area (Å²) in [5, 5.41) is 1.93. The third-order valence-electron chi connectivity index (χ3n) is 4.47. The van der Waals surface area contributed by atoms with E-state index in [9.17, 15) is 8.42 Å². The van der Waals surface area contributed by atoms with Gasteiger partial charge < -0.3 is 0 Å². The van der Waals surface area contributed by atoms with Gasteiger partial charge in [-0.15, -0.1) is 11.3 Å². The summed E-state index contributed by atoms with van der Waals surface area (Å²) in [6.45, 7) is 3.84. The van der Waals surface area contributed by atoms with Gasteiger partial charge in [0, 0.05) is 27.5 Å². The predicted molar refractivity (Wildman–Crippen MR) is 99.2 cm³/mol. The van der Waals surface area contributed by atoms with Crippen molar-refractivity contribution in [3.63, 3.8) is 0 Å². The molecule has 1 saturated heterocycles. The van der Waals surface area contributed by atoms with Crippen LogP contribution < -0.4 is 0 Å². The standard InChI is InChI=1S/C17H22ClNO2S2/c1-2-3-9-19(13-8-10-23(20,21)12-13)11-16-17(18)14-6-4-5-7-15(14)22-16/h4-7,13H,2-3,8-12H2,1H3. The van der Waals surface area contributed by atoms with Crippen LogP contribution in [0.25, 0.3) is 10.1 Å². The molecule has 0 N–H and O–H groups in total. The van der Waals surface area contributed by atoms with Crippen LogP contribution in [0.15, 0.2) is 24.3 Å². The molecule has 2 aromatic rings. The van der Waals surface area contributed by atoms with E-state index in [2.05, 4.69) is 17.9 Å². The van der Waals surface area contributed by atoms with Gasteiger partial charge in [-0.25, -0.2) is 8.42 Å². The van der Waals surface area contributed by atoms with Crippen molar-refractivity contribution in [1.82, 2.24) is 4.90 Å². The SMILES string of the molecule is CCCCN(Cc1sc2ccccc2c1Cl)C1CCS(=O)(=O)C1. The highest BCUT2D eigenvalue weighted by molar-refractivity contribution is 7.91. The normalized spacial score (nSPS) is 20.6. The molecule has 0 spiro atoms. The Balaban J connectivity index is 1.83. The van der Waals surface area contributed by atoms with Crippen molar-refractivity contribution in [3.8, 4) is 0 Å². The van der Waals surface area contributed by atoms with Crippen LogP contribution in [0, 0.1) is 0 Å². The largest absolute Gasteiger partial charge is 0.294 e. The summed E-state index contributed by atoms with van der Waals surface area (Å²) >= 11 is 8.28. The van der Waals surface area contributed by atoms with E-state index in [1.807, 2.05) is 18.2 Å². The van der Waals surface area contributed by atoms with Crippen LogP contribution in [-0.2, 0) is 16.4 Å². The van der Waals surface area contributed by atoms with Gasteiger partial charge in [-0.3, -0.25) is 4.90 Å². The minimum absolute atomic E-state index is 0.132. The van der Waals surface area contributed by atoms with Gasteiger partial charge in [-0.05, 0) is 25.5 Å². The van der Waals surface area contributed by atoms with Crippen LogP contribution in [0.4, 0.5) is 0 Å². The fraction of sp³-hybridized carbons (Fsp3) is 0.529. The number of thiophene rings is 1. The lowest BCUT2D eigenvalue weighted by atomic mass is 10.2.